The van der Waals surface area contributed by atoms with Gasteiger partial charge in [-0.3, -0.25) is 4.79 Å². The van der Waals surface area contributed by atoms with Crippen LogP contribution in [0.3, 0.4) is 0 Å². The van der Waals surface area contributed by atoms with E-state index in [0.717, 1.165) is 51.4 Å². The van der Waals surface area contributed by atoms with Crippen molar-refractivity contribution in [3.8, 4) is 0 Å². The molecule has 1 fully saturated rings. The van der Waals surface area contributed by atoms with Crippen molar-refractivity contribution < 1.29 is 44.2 Å². The number of carbonyl (C=O) groups is 1. The van der Waals surface area contributed by atoms with E-state index in [1.807, 2.05) is 0 Å². The molecule has 0 aromatic heterocycles. The lowest BCUT2D eigenvalue weighted by Crippen LogP contribution is -2.59. The molecule has 0 bridgehead atoms. The number of allylic oxidation sites excluding steroid dienone is 2. The Morgan fingerprint density at radius 2 is 1.33 bits per heavy atom. The normalized spacial score (nSPS) is 23.4. The third kappa shape index (κ3) is 18.6. The molecule has 9 nitrogen and oxygen atoms in total. The fourth-order valence-electron chi connectivity index (χ4n) is 4.94. The number of rotatable bonds is 27. The van der Waals surface area contributed by atoms with Crippen molar-refractivity contribution in [2.24, 2.45) is 0 Å². The summed E-state index contributed by atoms with van der Waals surface area (Å²) in [6.07, 6.45) is 16.7. The van der Waals surface area contributed by atoms with Gasteiger partial charge in [0.15, 0.2) is 6.29 Å². The van der Waals surface area contributed by atoms with Crippen LogP contribution in [-0.2, 0) is 23.7 Å². The third-order valence-electron chi connectivity index (χ3n) is 7.68. The quantitative estimate of drug-likeness (QED) is 0.0557. The van der Waals surface area contributed by atoms with Crippen LogP contribution in [0.4, 0.5) is 0 Å². The maximum absolute atomic E-state index is 12.6. The van der Waals surface area contributed by atoms with Crippen molar-refractivity contribution in [2.75, 3.05) is 26.4 Å². The van der Waals surface area contributed by atoms with Gasteiger partial charge < -0.3 is 39.4 Å². The van der Waals surface area contributed by atoms with E-state index in [2.05, 4.69) is 26.0 Å². The largest absolute Gasteiger partial charge is 0.457 e. The highest BCUT2D eigenvalue weighted by Gasteiger charge is 2.44. The number of carbonyl (C=O) groups excluding carboxylic acids is 1. The van der Waals surface area contributed by atoms with Gasteiger partial charge in [0.25, 0.3) is 0 Å². The van der Waals surface area contributed by atoms with Gasteiger partial charge >= 0.3 is 5.97 Å². The first-order valence-electron chi connectivity index (χ1n) is 16.8. The number of aliphatic hydroxyl groups is 4. The molecule has 42 heavy (non-hydrogen) atoms. The summed E-state index contributed by atoms with van der Waals surface area (Å²) in [5.41, 5.74) is 0. The zero-order valence-corrected chi connectivity index (χ0v) is 26.5. The molecule has 248 valence electrons. The summed E-state index contributed by atoms with van der Waals surface area (Å²) in [4.78, 5) is 12.6. The molecule has 0 amide bonds. The van der Waals surface area contributed by atoms with E-state index >= 15 is 0 Å². The molecular weight excluding hydrogens is 540 g/mol. The van der Waals surface area contributed by atoms with Crippen LogP contribution in [0, 0.1) is 0 Å². The molecule has 9 heteroatoms. The van der Waals surface area contributed by atoms with Crippen LogP contribution < -0.4 is 0 Å². The molecule has 6 atom stereocenters. The highest BCUT2D eigenvalue weighted by Crippen LogP contribution is 2.22. The van der Waals surface area contributed by atoms with E-state index in [0.29, 0.717) is 13.0 Å². The minimum absolute atomic E-state index is 0.113. The zero-order chi connectivity index (χ0) is 30.8. The van der Waals surface area contributed by atoms with Gasteiger partial charge in [0, 0.05) is 13.0 Å². The van der Waals surface area contributed by atoms with Crippen LogP contribution in [0.5, 0.6) is 0 Å². The summed E-state index contributed by atoms with van der Waals surface area (Å²) in [5.74, 6) is -0.327. The van der Waals surface area contributed by atoms with Crippen LogP contribution in [0.25, 0.3) is 0 Å². The Balaban J connectivity index is 2.40. The Hall–Kier alpha value is -1.07. The minimum Gasteiger partial charge on any atom is -0.457 e. The predicted molar refractivity (Wildman–Crippen MR) is 164 cm³/mol. The molecule has 0 saturated carbocycles. The van der Waals surface area contributed by atoms with Crippen molar-refractivity contribution in [3.05, 3.63) is 12.2 Å². The summed E-state index contributed by atoms with van der Waals surface area (Å²) in [5, 5.41) is 39.7. The SMILES string of the molecule is CCCC/C=C\CCCCCCCC(=O)OC(COCCCCCCCCCC)COC1OC(CO)C(O)C(O)C1O. The minimum atomic E-state index is -1.53. The molecule has 6 unspecified atom stereocenters. The number of esters is 1. The molecule has 0 aromatic carbocycles. The van der Waals surface area contributed by atoms with Gasteiger partial charge in [0.2, 0.25) is 0 Å². The molecular formula is C33H62O9. The van der Waals surface area contributed by atoms with Gasteiger partial charge in [-0.25, -0.2) is 0 Å². The summed E-state index contributed by atoms with van der Waals surface area (Å²) < 4.78 is 22.5. The van der Waals surface area contributed by atoms with Crippen molar-refractivity contribution in [1.29, 1.82) is 0 Å². The standard InChI is InChI=1S/C33H62O9/c1-3-5-7-9-11-13-14-15-16-18-20-22-29(35)41-27(25-39-23-21-19-17-12-10-8-6-4-2)26-40-33-32(38)31(37)30(36)28(24-34)42-33/h9,11,27-28,30-34,36-38H,3-8,10,12-26H2,1-2H3/b11-9-. The van der Waals surface area contributed by atoms with E-state index in [1.165, 1.54) is 57.8 Å². The second kappa shape index (κ2) is 26.3. The Morgan fingerprint density at radius 3 is 2.00 bits per heavy atom. The van der Waals surface area contributed by atoms with E-state index in [9.17, 15) is 25.2 Å². The summed E-state index contributed by atoms with van der Waals surface area (Å²) >= 11 is 0. The van der Waals surface area contributed by atoms with Gasteiger partial charge in [0.1, 0.15) is 30.5 Å². The van der Waals surface area contributed by atoms with Crippen LogP contribution in [0.2, 0.25) is 0 Å². The van der Waals surface area contributed by atoms with E-state index in [-0.39, 0.29) is 19.2 Å². The van der Waals surface area contributed by atoms with E-state index in [4.69, 9.17) is 18.9 Å². The second-order valence-electron chi connectivity index (χ2n) is 11.6. The average molecular weight is 603 g/mol. The number of hydrogen-bond acceptors (Lipinski definition) is 9. The molecule has 0 aliphatic carbocycles. The number of ether oxygens (including phenoxy) is 4. The Kier molecular flexibility index (Phi) is 24.4. The molecule has 1 rings (SSSR count). The van der Waals surface area contributed by atoms with Crippen molar-refractivity contribution in [2.45, 2.75) is 166 Å². The predicted octanol–water partition coefficient (Wildman–Crippen LogP) is 5.35. The molecule has 0 radical (unpaired) electrons. The van der Waals surface area contributed by atoms with Gasteiger partial charge in [0.05, 0.1) is 19.8 Å². The van der Waals surface area contributed by atoms with Crippen molar-refractivity contribution in [1.82, 2.24) is 0 Å². The highest BCUT2D eigenvalue weighted by atomic mass is 16.7. The van der Waals surface area contributed by atoms with Gasteiger partial charge in [-0.1, -0.05) is 103 Å². The Labute approximate surface area is 255 Å². The summed E-state index contributed by atoms with van der Waals surface area (Å²) in [7, 11) is 0. The number of hydrogen-bond donors (Lipinski definition) is 4. The van der Waals surface area contributed by atoms with Gasteiger partial charge in [-0.05, 0) is 32.1 Å². The maximum atomic E-state index is 12.6. The fraction of sp³-hybridized carbons (Fsp3) is 0.909. The van der Waals surface area contributed by atoms with Gasteiger partial charge in [-0.15, -0.1) is 0 Å². The van der Waals surface area contributed by atoms with E-state index < -0.39 is 43.4 Å². The van der Waals surface area contributed by atoms with Crippen LogP contribution in [-0.4, -0.2) is 89.6 Å². The highest BCUT2D eigenvalue weighted by molar-refractivity contribution is 5.69. The second-order valence-corrected chi connectivity index (χ2v) is 11.6. The topological polar surface area (TPSA) is 135 Å². The van der Waals surface area contributed by atoms with Crippen molar-refractivity contribution in [3.63, 3.8) is 0 Å². The smallest absolute Gasteiger partial charge is 0.306 e. The lowest BCUT2D eigenvalue weighted by Gasteiger charge is -2.39. The first kappa shape index (κ1) is 39.0. The molecule has 1 saturated heterocycles. The first-order chi connectivity index (χ1) is 20.4. The average Bonchev–Trinajstić information content (AvgIpc) is 2.99. The molecule has 0 spiro atoms. The Morgan fingerprint density at radius 1 is 0.738 bits per heavy atom. The Bertz CT molecular complexity index is 657. The third-order valence-corrected chi connectivity index (χ3v) is 7.68. The van der Waals surface area contributed by atoms with Crippen molar-refractivity contribution >= 4 is 5.97 Å². The zero-order valence-electron chi connectivity index (χ0n) is 26.5. The molecule has 0 aromatic rings. The fourth-order valence-corrected chi connectivity index (χ4v) is 4.94. The summed E-state index contributed by atoms with van der Waals surface area (Å²) in [6, 6.07) is 0. The molecule has 4 N–H and O–H groups in total. The van der Waals surface area contributed by atoms with E-state index in [1.54, 1.807) is 0 Å². The molecule has 1 aliphatic rings. The lowest BCUT2D eigenvalue weighted by atomic mass is 9.99. The molecule has 1 aliphatic heterocycles. The van der Waals surface area contributed by atoms with Crippen LogP contribution in [0.1, 0.15) is 129 Å². The number of aliphatic hydroxyl groups excluding tert-OH is 4. The lowest BCUT2D eigenvalue weighted by molar-refractivity contribution is -0.305. The number of unbranched alkanes of at least 4 members (excludes halogenated alkanes) is 14. The maximum Gasteiger partial charge on any atom is 0.306 e. The van der Waals surface area contributed by atoms with Gasteiger partial charge in [-0.2, -0.15) is 0 Å². The molecule has 1 heterocycles. The summed E-state index contributed by atoms with van der Waals surface area (Å²) in [6.45, 7) is 4.46. The van der Waals surface area contributed by atoms with Crippen LogP contribution >= 0.6 is 0 Å². The first-order valence-corrected chi connectivity index (χ1v) is 16.8. The van der Waals surface area contributed by atoms with Crippen LogP contribution in [0.15, 0.2) is 12.2 Å². The monoisotopic (exact) mass is 602 g/mol.